The van der Waals surface area contributed by atoms with E-state index in [1.165, 1.54) is 101 Å². The van der Waals surface area contributed by atoms with Crippen molar-refractivity contribution >= 4 is 10.1 Å². The molecule has 1 fully saturated rings. The van der Waals surface area contributed by atoms with E-state index < -0.39 is 10.1 Å². The topological polar surface area (TPSA) is 54.4 Å². The molecule has 140 valence electrons. The lowest BCUT2D eigenvalue weighted by atomic mass is 10.1. The van der Waals surface area contributed by atoms with E-state index in [-0.39, 0.29) is 0 Å². The average molecular weight is 351 g/mol. The lowest BCUT2D eigenvalue weighted by Crippen LogP contribution is -2.45. The zero-order valence-corrected chi connectivity index (χ0v) is 16.5. The minimum absolute atomic E-state index is 0.715. The van der Waals surface area contributed by atoms with Crippen LogP contribution in [-0.4, -0.2) is 49.9 Å². The maximum atomic E-state index is 9.19. The zero-order chi connectivity index (χ0) is 17.6. The average Bonchev–Trinajstić information content (AvgIpc) is 2.93. The molecule has 0 saturated carbocycles. The highest BCUT2D eigenvalue weighted by atomic mass is 32.2. The molecular weight excluding hydrogens is 310 g/mol. The van der Waals surface area contributed by atoms with Gasteiger partial charge in [-0.1, -0.05) is 51.9 Å². The van der Waals surface area contributed by atoms with Crippen molar-refractivity contribution < 1.29 is 17.5 Å². The minimum Gasteiger partial charge on any atom is -0.324 e. The molecule has 23 heavy (non-hydrogen) atoms. The van der Waals surface area contributed by atoms with Crippen molar-refractivity contribution in [3.8, 4) is 0 Å². The number of rotatable bonds is 11. The van der Waals surface area contributed by atoms with Crippen LogP contribution in [0.1, 0.15) is 84.5 Å². The quantitative estimate of drug-likeness (QED) is 0.335. The summed E-state index contributed by atoms with van der Waals surface area (Å²) < 4.78 is 27.3. The summed E-state index contributed by atoms with van der Waals surface area (Å²) in [6, 6.07) is 0. The zero-order valence-electron chi connectivity index (χ0n) is 15.7. The van der Waals surface area contributed by atoms with Crippen LogP contribution in [-0.2, 0) is 10.1 Å². The second-order valence-corrected chi connectivity index (χ2v) is 8.56. The number of quaternary nitrogens is 1. The summed E-state index contributed by atoms with van der Waals surface area (Å²) in [7, 11) is -3.67. The summed E-state index contributed by atoms with van der Waals surface area (Å²) in [6.45, 7) is 10.5. The van der Waals surface area contributed by atoms with Gasteiger partial charge in [-0.2, -0.15) is 8.42 Å². The summed E-state index contributed by atoms with van der Waals surface area (Å²) in [4.78, 5) is 0. The molecule has 1 saturated heterocycles. The van der Waals surface area contributed by atoms with Gasteiger partial charge in [-0.15, -0.1) is 0 Å². The fourth-order valence-corrected chi connectivity index (χ4v) is 3.46. The molecule has 1 N–H and O–H groups in total. The van der Waals surface area contributed by atoms with Crippen LogP contribution >= 0.6 is 0 Å². The van der Waals surface area contributed by atoms with Gasteiger partial charge in [-0.25, -0.2) is 0 Å². The number of likely N-dealkylation sites (tertiary alicyclic amines) is 1. The molecule has 0 bridgehead atoms. The monoisotopic (exact) mass is 350 g/mol. The molecule has 0 unspecified atom stereocenters. The highest BCUT2D eigenvalue weighted by Gasteiger charge is 2.28. The lowest BCUT2D eigenvalue weighted by molar-refractivity contribution is -0.915. The first-order valence-electron chi connectivity index (χ1n) is 9.60. The van der Waals surface area contributed by atoms with Crippen molar-refractivity contribution in [2.24, 2.45) is 0 Å². The van der Waals surface area contributed by atoms with Crippen molar-refractivity contribution in [1.82, 2.24) is 0 Å². The highest BCUT2D eigenvalue weighted by Crippen LogP contribution is 2.20. The minimum atomic E-state index is -3.67. The number of nitrogens with zero attached hydrogens (tertiary/aromatic N) is 1. The molecule has 0 aromatic heterocycles. The van der Waals surface area contributed by atoms with Crippen molar-refractivity contribution in [3.05, 3.63) is 0 Å². The van der Waals surface area contributed by atoms with Gasteiger partial charge in [-0.3, -0.25) is 4.55 Å². The molecule has 1 heterocycles. The second kappa shape index (κ2) is 13.2. The molecule has 0 aromatic rings. The van der Waals surface area contributed by atoms with E-state index in [2.05, 4.69) is 13.8 Å². The largest absolute Gasteiger partial charge is 0.324 e. The van der Waals surface area contributed by atoms with Gasteiger partial charge >= 0.3 is 0 Å². The van der Waals surface area contributed by atoms with Gasteiger partial charge < -0.3 is 4.48 Å². The summed E-state index contributed by atoms with van der Waals surface area (Å²) in [5, 5.41) is 0. The smallest absolute Gasteiger partial charge is 0.261 e. The van der Waals surface area contributed by atoms with Gasteiger partial charge in [0.05, 0.1) is 32.4 Å². The molecular formula is C18H40NO3S+. The van der Waals surface area contributed by atoms with E-state index in [9.17, 15) is 8.42 Å². The molecule has 0 atom stereocenters. The Morgan fingerprint density at radius 1 is 0.826 bits per heavy atom. The maximum absolute atomic E-state index is 9.19. The predicted molar refractivity (Wildman–Crippen MR) is 99.3 cm³/mol. The Bertz CT molecular complexity index is 354. The molecule has 1 aliphatic heterocycles. The van der Waals surface area contributed by atoms with E-state index in [1.807, 2.05) is 0 Å². The fourth-order valence-electron chi connectivity index (χ4n) is 3.46. The van der Waals surface area contributed by atoms with Crippen LogP contribution in [0, 0.1) is 0 Å². The molecule has 0 radical (unpaired) electrons. The molecule has 5 heteroatoms. The van der Waals surface area contributed by atoms with Gasteiger partial charge in [0.1, 0.15) is 0 Å². The first-order chi connectivity index (χ1) is 10.8. The maximum Gasteiger partial charge on any atom is 0.261 e. The molecule has 1 rings (SSSR count). The van der Waals surface area contributed by atoms with Crippen LogP contribution < -0.4 is 0 Å². The Hall–Kier alpha value is -0.130. The second-order valence-electron chi connectivity index (χ2n) is 7.10. The van der Waals surface area contributed by atoms with E-state index in [4.69, 9.17) is 4.55 Å². The van der Waals surface area contributed by atoms with Crippen LogP contribution in [0.3, 0.4) is 0 Å². The first-order valence-corrected chi connectivity index (χ1v) is 11.5. The van der Waals surface area contributed by atoms with Crippen LogP contribution in [0.5, 0.6) is 0 Å². The van der Waals surface area contributed by atoms with Gasteiger partial charge in [0.2, 0.25) is 0 Å². The molecule has 0 aromatic carbocycles. The van der Waals surface area contributed by atoms with Crippen molar-refractivity contribution in [2.75, 3.05) is 32.4 Å². The number of hydrogen-bond acceptors (Lipinski definition) is 2. The van der Waals surface area contributed by atoms with Crippen LogP contribution in [0.2, 0.25) is 0 Å². The van der Waals surface area contributed by atoms with Crippen molar-refractivity contribution in [2.45, 2.75) is 84.5 Å². The Morgan fingerprint density at radius 2 is 1.22 bits per heavy atom. The third kappa shape index (κ3) is 15.2. The summed E-state index contributed by atoms with van der Waals surface area (Å²) in [6.07, 6.45) is 16.8. The van der Waals surface area contributed by atoms with Crippen LogP contribution in [0.25, 0.3) is 0 Å². The van der Waals surface area contributed by atoms with Crippen molar-refractivity contribution in [3.63, 3.8) is 0 Å². The predicted octanol–water partition coefficient (Wildman–Crippen LogP) is 4.65. The first kappa shape index (κ1) is 22.9. The van der Waals surface area contributed by atoms with E-state index in [0.29, 0.717) is 6.26 Å². The normalized spacial score (nSPS) is 16.9. The molecule has 0 spiro atoms. The van der Waals surface area contributed by atoms with E-state index in [0.717, 1.165) is 0 Å². The van der Waals surface area contributed by atoms with Crippen LogP contribution in [0.4, 0.5) is 0 Å². The van der Waals surface area contributed by atoms with Crippen LogP contribution in [0.15, 0.2) is 0 Å². The van der Waals surface area contributed by atoms with E-state index >= 15 is 0 Å². The Kier molecular flexibility index (Phi) is 13.1. The van der Waals surface area contributed by atoms with Gasteiger partial charge in [0.25, 0.3) is 10.1 Å². The Labute approximate surface area is 145 Å². The number of unbranched alkanes of at least 4 members (excludes halogenated alkanes) is 8. The van der Waals surface area contributed by atoms with Gasteiger partial charge in [-0.05, 0) is 19.8 Å². The molecule has 4 nitrogen and oxygen atoms in total. The van der Waals surface area contributed by atoms with E-state index in [1.54, 1.807) is 0 Å². The standard InChI is InChI=1S/C17H36N.CH4O3S/c1-3-5-6-7-8-9-10-11-12-15-18(4-2)16-13-14-17-18;1-5(2,3)4/h3-17H2,1-2H3;1H3,(H,2,3,4)/q+1;. The third-order valence-corrected chi connectivity index (χ3v) is 4.92. The summed E-state index contributed by atoms with van der Waals surface area (Å²) in [5.41, 5.74) is 0. The summed E-state index contributed by atoms with van der Waals surface area (Å²) >= 11 is 0. The molecule has 0 aliphatic carbocycles. The Morgan fingerprint density at radius 3 is 1.61 bits per heavy atom. The molecule has 0 amide bonds. The third-order valence-electron chi connectivity index (χ3n) is 4.92. The lowest BCUT2D eigenvalue weighted by Gasteiger charge is -2.33. The van der Waals surface area contributed by atoms with Gasteiger partial charge in [0.15, 0.2) is 0 Å². The fraction of sp³-hybridized carbons (Fsp3) is 1.00. The highest BCUT2D eigenvalue weighted by molar-refractivity contribution is 7.85. The Balaban J connectivity index is 0.000000841. The van der Waals surface area contributed by atoms with Crippen molar-refractivity contribution in [1.29, 1.82) is 0 Å². The van der Waals surface area contributed by atoms with Gasteiger partial charge in [0, 0.05) is 12.8 Å². The number of hydrogen-bond donors (Lipinski definition) is 1. The SMILES string of the molecule is CCCCCCCCCCC[N+]1(CC)CCCC1.CS(=O)(=O)O. The summed E-state index contributed by atoms with van der Waals surface area (Å²) in [5.74, 6) is 0. The molecule has 1 aliphatic rings.